The molecule has 6 nitrogen and oxygen atoms in total. The third-order valence-electron chi connectivity index (χ3n) is 3.68. The van der Waals surface area contributed by atoms with Gasteiger partial charge in [-0.15, -0.1) is 0 Å². The van der Waals surface area contributed by atoms with Gasteiger partial charge in [0.1, 0.15) is 0 Å². The molecule has 0 aliphatic rings. The van der Waals surface area contributed by atoms with Gasteiger partial charge < -0.3 is 10.1 Å². The number of methoxy groups -OCH3 is 1. The first-order chi connectivity index (χ1) is 12.3. The third-order valence-corrected chi connectivity index (χ3v) is 5.31. The molecule has 0 fully saturated rings. The summed E-state index contributed by atoms with van der Waals surface area (Å²) in [6.07, 6.45) is 0.699. The maximum atomic E-state index is 12.5. The van der Waals surface area contributed by atoms with E-state index in [-0.39, 0.29) is 10.8 Å². The first-order valence-corrected chi connectivity index (χ1v) is 9.86. The average molecular weight is 397 g/mol. The Balaban J connectivity index is 2.16. The van der Waals surface area contributed by atoms with Gasteiger partial charge in [-0.05, 0) is 55.3 Å². The van der Waals surface area contributed by atoms with Crippen molar-refractivity contribution in [2.75, 3.05) is 25.0 Å². The third kappa shape index (κ3) is 5.45. The zero-order valence-corrected chi connectivity index (χ0v) is 16.2. The molecule has 0 aliphatic heterocycles. The smallest absolute Gasteiger partial charge is 0.261 e. The van der Waals surface area contributed by atoms with Crippen molar-refractivity contribution >= 4 is 33.2 Å². The zero-order valence-electron chi connectivity index (χ0n) is 14.6. The largest absolute Gasteiger partial charge is 0.385 e. The van der Waals surface area contributed by atoms with Crippen LogP contribution in [0.5, 0.6) is 0 Å². The predicted octanol–water partition coefficient (Wildman–Crippen LogP) is 3.22. The van der Waals surface area contributed by atoms with Gasteiger partial charge in [0.15, 0.2) is 0 Å². The van der Waals surface area contributed by atoms with Gasteiger partial charge >= 0.3 is 0 Å². The summed E-state index contributed by atoms with van der Waals surface area (Å²) in [7, 11) is -2.18. The SMILES string of the molecule is COCCCNC(=O)c1ccc(C)c(NS(=O)(=O)c2ccc(Cl)cc2)c1. The van der Waals surface area contributed by atoms with E-state index in [4.69, 9.17) is 16.3 Å². The highest BCUT2D eigenvalue weighted by atomic mass is 35.5. The molecule has 0 spiro atoms. The average Bonchev–Trinajstić information content (AvgIpc) is 2.60. The molecule has 0 saturated heterocycles. The summed E-state index contributed by atoms with van der Waals surface area (Å²) in [4.78, 5) is 12.3. The molecule has 2 N–H and O–H groups in total. The lowest BCUT2D eigenvalue weighted by atomic mass is 10.1. The Hall–Kier alpha value is -2.09. The van der Waals surface area contributed by atoms with Crippen molar-refractivity contribution in [3.63, 3.8) is 0 Å². The highest BCUT2D eigenvalue weighted by Crippen LogP contribution is 2.22. The summed E-state index contributed by atoms with van der Waals surface area (Å²) in [5, 5.41) is 3.22. The Morgan fingerprint density at radius 1 is 1.15 bits per heavy atom. The quantitative estimate of drug-likeness (QED) is 0.671. The molecule has 0 atom stereocenters. The number of carbonyl (C=O) groups excluding carboxylic acids is 1. The van der Waals surface area contributed by atoms with E-state index in [9.17, 15) is 13.2 Å². The molecule has 0 unspecified atom stereocenters. The Morgan fingerprint density at radius 2 is 1.85 bits per heavy atom. The number of hydrogen-bond acceptors (Lipinski definition) is 4. The van der Waals surface area contributed by atoms with Gasteiger partial charge in [-0.1, -0.05) is 17.7 Å². The lowest BCUT2D eigenvalue weighted by Gasteiger charge is -2.12. The van der Waals surface area contributed by atoms with Crippen LogP contribution in [0.15, 0.2) is 47.4 Å². The van der Waals surface area contributed by atoms with E-state index in [1.54, 1.807) is 26.2 Å². The van der Waals surface area contributed by atoms with E-state index in [1.807, 2.05) is 0 Å². The Kier molecular flexibility index (Phi) is 7.02. The number of halogens is 1. The molecular formula is C18H21ClN2O4S. The van der Waals surface area contributed by atoms with E-state index < -0.39 is 10.0 Å². The van der Waals surface area contributed by atoms with E-state index in [0.29, 0.717) is 41.4 Å². The Morgan fingerprint density at radius 3 is 2.50 bits per heavy atom. The van der Waals surface area contributed by atoms with Gasteiger partial charge in [0, 0.05) is 30.8 Å². The highest BCUT2D eigenvalue weighted by Gasteiger charge is 2.16. The Bertz CT molecular complexity index is 867. The van der Waals surface area contributed by atoms with Crippen LogP contribution in [0.2, 0.25) is 5.02 Å². The number of ether oxygens (including phenoxy) is 1. The van der Waals surface area contributed by atoms with Crippen molar-refractivity contribution < 1.29 is 17.9 Å². The number of sulfonamides is 1. The van der Waals surface area contributed by atoms with Crippen LogP contribution in [0.3, 0.4) is 0 Å². The molecule has 2 rings (SSSR count). The van der Waals surface area contributed by atoms with E-state index >= 15 is 0 Å². The molecule has 0 heterocycles. The number of anilines is 1. The fourth-order valence-electron chi connectivity index (χ4n) is 2.21. The molecular weight excluding hydrogens is 376 g/mol. The van der Waals surface area contributed by atoms with E-state index in [1.165, 1.54) is 30.3 Å². The molecule has 0 radical (unpaired) electrons. The van der Waals surface area contributed by atoms with Crippen molar-refractivity contribution in [2.45, 2.75) is 18.2 Å². The maximum Gasteiger partial charge on any atom is 0.261 e. The van der Waals surface area contributed by atoms with Crippen molar-refractivity contribution in [2.24, 2.45) is 0 Å². The normalized spacial score (nSPS) is 11.2. The lowest BCUT2D eigenvalue weighted by molar-refractivity contribution is 0.0948. The molecule has 26 heavy (non-hydrogen) atoms. The summed E-state index contributed by atoms with van der Waals surface area (Å²) in [5.74, 6) is -0.270. The van der Waals surface area contributed by atoms with E-state index in [2.05, 4.69) is 10.0 Å². The number of aryl methyl sites for hydroxylation is 1. The van der Waals surface area contributed by atoms with Gasteiger partial charge in [-0.2, -0.15) is 0 Å². The second-order valence-electron chi connectivity index (χ2n) is 5.69. The molecule has 1 amide bonds. The van der Waals surface area contributed by atoms with Crippen LogP contribution in [0.1, 0.15) is 22.3 Å². The fraction of sp³-hybridized carbons (Fsp3) is 0.278. The van der Waals surface area contributed by atoms with Crippen molar-refractivity contribution in [1.29, 1.82) is 0 Å². The molecule has 2 aromatic carbocycles. The summed E-state index contributed by atoms with van der Waals surface area (Å²) in [6.45, 7) is 2.80. The van der Waals surface area contributed by atoms with E-state index in [0.717, 1.165) is 0 Å². The van der Waals surface area contributed by atoms with Gasteiger partial charge in [0.05, 0.1) is 10.6 Å². The van der Waals surface area contributed by atoms with Crippen LogP contribution in [-0.4, -0.2) is 34.6 Å². The van der Waals surface area contributed by atoms with Crippen LogP contribution < -0.4 is 10.0 Å². The van der Waals surface area contributed by atoms with Crippen LogP contribution in [0.4, 0.5) is 5.69 Å². The number of hydrogen-bond donors (Lipinski definition) is 2. The van der Waals surface area contributed by atoms with Crippen LogP contribution in [0.25, 0.3) is 0 Å². The standard InChI is InChI=1S/C18H21ClN2O4S/c1-13-4-5-14(18(22)20-10-3-11-25-2)12-17(13)21-26(23,24)16-8-6-15(19)7-9-16/h4-9,12,21H,3,10-11H2,1-2H3,(H,20,22). The van der Waals surface area contributed by atoms with Crippen molar-refractivity contribution in [3.8, 4) is 0 Å². The van der Waals surface area contributed by atoms with Gasteiger partial charge in [0.2, 0.25) is 0 Å². The summed E-state index contributed by atoms with van der Waals surface area (Å²) in [6, 6.07) is 10.7. The number of nitrogens with one attached hydrogen (secondary N) is 2. The molecule has 0 saturated carbocycles. The summed E-state index contributed by atoms with van der Waals surface area (Å²) >= 11 is 5.80. The van der Waals surface area contributed by atoms with Gasteiger partial charge in [0.25, 0.3) is 15.9 Å². The lowest BCUT2D eigenvalue weighted by Crippen LogP contribution is -2.25. The Labute approximate surface area is 158 Å². The topological polar surface area (TPSA) is 84.5 Å². The van der Waals surface area contributed by atoms with Crippen molar-refractivity contribution in [1.82, 2.24) is 5.32 Å². The fourth-order valence-corrected chi connectivity index (χ4v) is 3.46. The molecule has 0 aliphatic carbocycles. The zero-order chi connectivity index (χ0) is 19.2. The molecule has 8 heteroatoms. The van der Waals surface area contributed by atoms with Crippen LogP contribution in [-0.2, 0) is 14.8 Å². The second-order valence-corrected chi connectivity index (χ2v) is 7.81. The predicted molar refractivity (Wildman–Crippen MR) is 102 cm³/mol. The monoisotopic (exact) mass is 396 g/mol. The number of amides is 1. The van der Waals surface area contributed by atoms with Gasteiger partial charge in [-0.3, -0.25) is 9.52 Å². The minimum absolute atomic E-state index is 0.0933. The minimum atomic E-state index is -3.78. The number of rotatable bonds is 8. The van der Waals surface area contributed by atoms with Gasteiger partial charge in [-0.25, -0.2) is 8.42 Å². The molecule has 2 aromatic rings. The minimum Gasteiger partial charge on any atom is -0.385 e. The van der Waals surface area contributed by atoms with Crippen molar-refractivity contribution in [3.05, 3.63) is 58.6 Å². The first kappa shape index (κ1) is 20.2. The molecule has 0 bridgehead atoms. The number of benzene rings is 2. The molecule has 140 valence electrons. The second kappa shape index (κ2) is 9.02. The first-order valence-electron chi connectivity index (χ1n) is 7.99. The van der Waals surface area contributed by atoms with Crippen LogP contribution in [0, 0.1) is 6.92 Å². The molecule has 0 aromatic heterocycles. The highest BCUT2D eigenvalue weighted by molar-refractivity contribution is 7.92. The van der Waals surface area contributed by atoms with Crippen LogP contribution >= 0.6 is 11.6 Å². The maximum absolute atomic E-state index is 12.5. The summed E-state index contributed by atoms with van der Waals surface area (Å²) in [5.41, 5.74) is 1.43. The number of carbonyl (C=O) groups is 1. The summed E-state index contributed by atoms with van der Waals surface area (Å²) < 4.78 is 32.5.